The molecule has 0 bridgehead atoms. The van der Waals surface area contributed by atoms with Crippen molar-refractivity contribution in [1.29, 1.82) is 0 Å². The molecule has 0 aliphatic carbocycles. The lowest BCUT2D eigenvalue weighted by molar-refractivity contribution is -0.174. The molecular weight excluding hydrogens is 328 g/mol. The largest absolute Gasteiger partial charge is 0.411 e. The van der Waals surface area contributed by atoms with Gasteiger partial charge in [-0.2, -0.15) is 13.2 Å². The molecule has 108 valence electrons. The number of hydrogen-bond donors (Lipinski definition) is 0. The van der Waals surface area contributed by atoms with Crippen LogP contribution in [0.25, 0.3) is 0 Å². The van der Waals surface area contributed by atoms with Gasteiger partial charge in [-0.1, -0.05) is 28.1 Å². The highest BCUT2D eigenvalue weighted by Crippen LogP contribution is 2.24. The lowest BCUT2D eigenvalue weighted by atomic mass is 9.96. The van der Waals surface area contributed by atoms with Crippen LogP contribution < -0.4 is 0 Å². The van der Waals surface area contributed by atoms with Gasteiger partial charge in [0.05, 0.1) is 0 Å². The van der Waals surface area contributed by atoms with Crippen molar-refractivity contribution >= 4 is 15.9 Å². The summed E-state index contributed by atoms with van der Waals surface area (Å²) < 4.78 is 53.1. The van der Waals surface area contributed by atoms with Gasteiger partial charge in [0.1, 0.15) is 12.4 Å². The van der Waals surface area contributed by atoms with Gasteiger partial charge < -0.3 is 4.74 Å². The molecule has 1 aromatic carbocycles. The number of rotatable bonds is 7. The molecule has 6 heteroatoms. The Morgan fingerprint density at radius 2 is 2.00 bits per heavy atom. The Labute approximate surface area is 118 Å². The van der Waals surface area contributed by atoms with E-state index >= 15 is 0 Å². The molecule has 0 saturated carbocycles. The summed E-state index contributed by atoms with van der Waals surface area (Å²) >= 11 is 3.33. The third-order valence-corrected chi connectivity index (χ3v) is 3.39. The second-order valence-electron chi connectivity index (χ2n) is 4.22. The summed E-state index contributed by atoms with van der Waals surface area (Å²) in [6, 6.07) is 6.25. The molecule has 19 heavy (non-hydrogen) atoms. The second kappa shape index (κ2) is 7.85. The van der Waals surface area contributed by atoms with Crippen molar-refractivity contribution in [1.82, 2.24) is 0 Å². The van der Waals surface area contributed by atoms with E-state index in [1.807, 2.05) is 6.07 Å². The molecule has 1 atom stereocenters. The van der Waals surface area contributed by atoms with Crippen molar-refractivity contribution in [3.8, 4) is 0 Å². The molecule has 1 rings (SSSR count). The minimum absolute atomic E-state index is 0.0539. The van der Waals surface area contributed by atoms with Gasteiger partial charge in [0, 0.05) is 11.9 Å². The van der Waals surface area contributed by atoms with Crippen LogP contribution in [0.15, 0.2) is 24.3 Å². The minimum Gasteiger partial charge on any atom is -0.372 e. The molecule has 0 saturated heterocycles. The Morgan fingerprint density at radius 1 is 1.26 bits per heavy atom. The highest BCUT2D eigenvalue weighted by molar-refractivity contribution is 9.09. The van der Waals surface area contributed by atoms with Crippen molar-refractivity contribution < 1.29 is 22.3 Å². The molecule has 0 spiro atoms. The monoisotopic (exact) mass is 342 g/mol. The van der Waals surface area contributed by atoms with Crippen molar-refractivity contribution in [2.24, 2.45) is 0 Å². The summed E-state index contributed by atoms with van der Waals surface area (Å²) in [5.74, 6) is -0.234. The molecular formula is C13H15BrF4O. The fourth-order valence-corrected chi connectivity index (χ4v) is 2.41. The molecule has 0 aliphatic heterocycles. The van der Waals surface area contributed by atoms with Gasteiger partial charge in [-0.15, -0.1) is 0 Å². The Balaban J connectivity index is 2.34. The van der Waals surface area contributed by atoms with Gasteiger partial charge in [-0.05, 0) is 36.5 Å². The zero-order valence-corrected chi connectivity index (χ0v) is 11.8. The van der Waals surface area contributed by atoms with Crippen LogP contribution in [0.3, 0.4) is 0 Å². The predicted molar refractivity (Wildman–Crippen MR) is 69.0 cm³/mol. The van der Waals surface area contributed by atoms with Crippen LogP contribution in [-0.2, 0) is 4.74 Å². The van der Waals surface area contributed by atoms with Gasteiger partial charge in [-0.25, -0.2) is 4.39 Å². The fraction of sp³-hybridized carbons (Fsp3) is 0.538. The standard InChI is InChI=1S/C13H15BrF4O/c14-8-11(10-3-1-5-12(15)7-10)4-2-6-19-9-13(16,17)18/h1,3,5,7,11H,2,4,6,8-9H2. The molecule has 0 heterocycles. The quantitative estimate of drug-likeness (QED) is 0.397. The topological polar surface area (TPSA) is 9.23 Å². The molecule has 0 N–H and O–H groups in total. The van der Waals surface area contributed by atoms with Crippen LogP contribution in [0.5, 0.6) is 0 Å². The second-order valence-corrected chi connectivity index (χ2v) is 4.86. The SMILES string of the molecule is Fc1cccc(C(CBr)CCCOCC(F)(F)F)c1. The first kappa shape index (κ1) is 16.4. The maximum atomic E-state index is 13.1. The molecule has 0 amide bonds. The van der Waals surface area contributed by atoms with Gasteiger partial charge in [0.2, 0.25) is 0 Å². The van der Waals surface area contributed by atoms with Crippen LogP contribution in [0.4, 0.5) is 17.6 Å². The van der Waals surface area contributed by atoms with Crippen molar-refractivity contribution in [2.75, 3.05) is 18.5 Å². The normalized spacial score (nSPS) is 13.5. The van der Waals surface area contributed by atoms with Crippen LogP contribution in [-0.4, -0.2) is 24.7 Å². The number of hydrogen-bond acceptors (Lipinski definition) is 1. The molecule has 1 nitrogen and oxygen atoms in total. The van der Waals surface area contributed by atoms with Crippen molar-refractivity contribution in [2.45, 2.75) is 24.9 Å². The summed E-state index contributed by atoms with van der Waals surface area (Å²) in [5, 5.41) is 0.635. The summed E-state index contributed by atoms with van der Waals surface area (Å²) in [4.78, 5) is 0. The van der Waals surface area contributed by atoms with Crippen LogP contribution in [0, 0.1) is 5.82 Å². The Hall–Kier alpha value is -0.620. The highest BCUT2D eigenvalue weighted by atomic mass is 79.9. The average molecular weight is 343 g/mol. The van der Waals surface area contributed by atoms with Crippen molar-refractivity contribution in [3.63, 3.8) is 0 Å². The first-order chi connectivity index (χ1) is 8.92. The lowest BCUT2D eigenvalue weighted by Gasteiger charge is -2.15. The summed E-state index contributed by atoms with van der Waals surface area (Å²) in [7, 11) is 0. The molecule has 0 aliphatic rings. The van der Waals surface area contributed by atoms with E-state index in [1.54, 1.807) is 6.07 Å². The van der Waals surface area contributed by atoms with Crippen LogP contribution >= 0.6 is 15.9 Å². The number of ether oxygens (including phenoxy) is 1. The molecule has 0 fully saturated rings. The van der Waals surface area contributed by atoms with Gasteiger partial charge in [-0.3, -0.25) is 0 Å². The molecule has 1 aromatic rings. The van der Waals surface area contributed by atoms with E-state index in [2.05, 4.69) is 20.7 Å². The fourth-order valence-electron chi connectivity index (χ4n) is 1.71. The van der Waals surface area contributed by atoms with Gasteiger partial charge in [0.15, 0.2) is 0 Å². The predicted octanol–water partition coefficient (Wildman–Crippen LogP) is 4.66. The Morgan fingerprint density at radius 3 is 2.58 bits per heavy atom. The average Bonchev–Trinajstić information content (AvgIpc) is 2.32. The van der Waals surface area contributed by atoms with E-state index < -0.39 is 12.8 Å². The Kier molecular flexibility index (Phi) is 6.79. The lowest BCUT2D eigenvalue weighted by Crippen LogP contribution is -2.17. The van der Waals surface area contributed by atoms with Gasteiger partial charge >= 0.3 is 6.18 Å². The molecule has 0 radical (unpaired) electrons. The summed E-state index contributed by atoms with van der Waals surface area (Å²) in [6.45, 7) is -1.16. The maximum absolute atomic E-state index is 13.1. The summed E-state index contributed by atoms with van der Waals surface area (Å²) in [5.41, 5.74) is 0.840. The minimum atomic E-state index is -4.28. The third-order valence-electron chi connectivity index (χ3n) is 2.61. The maximum Gasteiger partial charge on any atom is 0.411 e. The summed E-state index contributed by atoms with van der Waals surface area (Å²) in [6.07, 6.45) is -3.13. The van der Waals surface area contributed by atoms with E-state index in [4.69, 9.17) is 0 Å². The Bertz CT molecular complexity index is 381. The van der Waals surface area contributed by atoms with E-state index in [0.29, 0.717) is 18.2 Å². The van der Waals surface area contributed by atoms with E-state index in [9.17, 15) is 17.6 Å². The van der Waals surface area contributed by atoms with E-state index in [-0.39, 0.29) is 18.3 Å². The number of alkyl halides is 4. The third kappa shape index (κ3) is 6.92. The van der Waals surface area contributed by atoms with Crippen LogP contribution in [0.1, 0.15) is 24.3 Å². The van der Waals surface area contributed by atoms with Gasteiger partial charge in [0.25, 0.3) is 0 Å². The molecule has 0 aromatic heterocycles. The highest BCUT2D eigenvalue weighted by Gasteiger charge is 2.27. The first-order valence-corrected chi connectivity index (χ1v) is 7.00. The zero-order chi connectivity index (χ0) is 14.3. The zero-order valence-electron chi connectivity index (χ0n) is 10.2. The number of halogens is 5. The smallest absolute Gasteiger partial charge is 0.372 e. The van der Waals surface area contributed by atoms with Crippen molar-refractivity contribution in [3.05, 3.63) is 35.6 Å². The first-order valence-electron chi connectivity index (χ1n) is 5.88. The van der Waals surface area contributed by atoms with E-state index in [1.165, 1.54) is 12.1 Å². The number of benzene rings is 1. The van der Waals surface area contributed by atoms with E-state index in [0.717, 1.165) is 5.56 Å². The van der Waals surface area contributed by atoms with Crippen LogP contribution in [0.2, 0.25) is 0 Å². The molecule has 1 unspecified atom stereocenters.